The van der Waals surface area contributed by atoms with E-state index in [1.165, 1.54) is 35.3 Å². The first-order valence-corrected chi connectivity index (χ1v) is 7.89. The molecule has 0 fully saturated rings. The van der Waals surface area contributed by atoms with Gasteiger partial charge in [-0.25, -0.2) is 8.42 Å². The highest BCUT2D eigenvalue weighted by atomic mass is 32.2. The van der Waals surface area contributed by atoms with Gasteiger partial charge in [-0.2, -0.15) is 5.10 Å². The summed E-state index contributed by atoms with van der Waals surface area (Å²) in [7, 11) is -3.72. The zero-order valence-corrected chi connectivity index (χ0v) is 12.2. The van der Waals surface area contributed by atoms with Crippen LogP contribution < -0.4 is 10.5 Å². The molecular formula is C14H13N5O2S. The van der Waals surface area contributed by atoms with Gasteiger partial charge < -0.3 is 5.73 Å². The molecule has 7 nitrogen and oxygen atoms in total. The lowest BCUT2D eigenvalue weighted by atomic mass is 10.3. The molecule has 1 heterocycles. The molecule has 3 N–H and O–H groups in total. The van der Waals surface area contributed by atoms with Crippen LogP contribution in [-0.2, 0) is 10.0 Å². The van der Waals surface area contributed by atoms with Crippen LogP contribution in [0.25, 0.3) is 5.69 Å². The number of hydrogen-bond acceptors (Lipinski definition) is 5. The Morgan fingerprint density at radius 1 is 1.00 bits per heavy atom. The van der Waals surface area contributed by atoms with Crippen LogP contribution in [0, 0.1) is 0 Å². The first kappa shape index (κ1) is 14.1. The van der Waals surface area contributed by atoms with Crippen molar-refractivity contribution in [3.63, 3.8) is 0 Å². The lowest BCUT2D eigenvalue weighted by Gasteiger charge is -2.05. The summed E-state index contributed by atoms with van der Waals surface area (Å²) in [6.45, 7) is 0. The number of nitrogens with one attached hydrogen (secondary N) is 1. The van der Waals surface area contributed by atoms with Crippen molar-refractivity contribution in [2.45, 2.75) is 4.90 Å². The number of rotatable bonds is 4. The average Bonchev–Trinajstić information content (AvgIpc) is 2.96. The maximum Gasteiger partial charge on any atom is 0.263 e. The summed E-state index contributed by atoms with van der Waals surface area (Å²) in [5.41, 5.74) is 6.78. The fraction of sp³-hybridized carbons (Fsp3) is 0. The van der Waals surface area contributed by atoms with Crippen molar-refractivity contribution in [2.75, 3.05) is 10.5 Å². The molecule has 0 saturated carbocycles. The zero-order valence-electron chi connectivity index (χ0n) is 11.4. The predicted octanol–water partition coefficient (Wildman–Crippen LogP) is 1.65. The van der Waals surface area contributed by atoms with Gasteiger partial charge in [-0.3, -0.25) is 4.72 Å². The smallest absolute Gasteiger partial charge is 0.263 e. The number of sulfonamides is 1. The number of benzene rings is 2. The topological polar surface area (TPSA) is 103 Å². The molecule has 0 unspecified atom stereocenters. The van der Waals surface area contributed by atoms with E-state index in [9.17, 15) is 8.42 Å². The molecule has 0 spiro atoms. The number of aromatic nitrogens is 3. The summed E-state index contributed by atoms with van der Waals surface area (Å²) in [6.07, 6.45) is 1.35. The minimum absolute atomic E-state index is 0.107. The van der Waals surface area contributed by atoms with Gasteiger partial charge in [-0.15, -0.1) is 9.90 Å². The van der Waals surface area contributed by atoms with Crippen molar-refractivity contribution in [1.82, 2.24) is 15.0 Å². The van der Waals surface area contributed by atoms with Gasteiger partial charge in [0.1, 0.15) is 0 Å². The van der Waals surface area contributed by atoms with Crippen LogP contribution in [0.3, 0.4) is 0 Å². The molecule has 8 heteroatoms. The van der Waals surface area contributed by atoms with E-state index in [0.29, 0.717) is 5.69 Å². The molecule has 0 saturated heterocycles. The van der Waals surface area contributed by atoms with E-state index < -0.39 is 10.0 Å². The van der Waals surface area contributed by atoms with E-state index in [2.05, 4.69) is 14.9 Å². The molecule has 0 aliphatic heterocycles. The molecule has 0 bridgehead atoms. The highest BCUT2D eigenvalue weighted by Gasteiger charge is 2.16. The maximum absolute atomic E-state index is 12.2. The van der Waals surface area contributed by atoms with Gasteiger partial charge in [0.2, 0.25) is 0 Å². The number of nitrogens with two attached hydrogens (primary N) is 1. The number of anilines is 2. The molecule has 2 aromatic carbocycles. The summed E-state index contributed by atoms with van der Waals surface area (Å²) in [4.78, 5) is 1.46. The van der Waals surface area contributed by atoms with Gasteiger partial charge in [0.15, 0.2) is 5.82 Å². The molecule has 3 rings (SSSR count). The Balaban J connectivity index is 1.84. The fourth-order valence-corrected chi connectivity index (χ4v) is 2.82. The minimum Gasteiger partial charge on any atom is -0.399 e. The van der Waals surface area contributed by atoms with E-state index in [0.717, 1.165) is 5.69 Å². The summed E-state index contributed by atoms with van der Waals surface area (Å²) in [5.74, 6) is 0.140. The first-order valence-electron chi connectivity index (χ1n) is 6.41. The molecule has 22 heavy (non-hydrogen) atoms. The molecule has 1 aromatic heterocycles. The number of para-hydroxylation sites is 1. The maximum atomic E-state index is 12.2. The largest absolute Gasteiger partial charge is 0.399 e. The van der Waals surface area contributed by atoms with E-state index in [4.69, 9.17) is 5.73 Å². The zero-order chi connectivity index (χ0) is 15.6. The number of hydrogen-bond donors (Lipinski definition) is 2. The van der Waals surface area contributed by atoms with Crippen LogP contribution in [-0.4, -0.2) is 23.4 Å². The fourth-order valence-electron chi connectivity index (χ4n) is 1.84. The molecule has 0 aliphatic rings. The van der Waals surface area contributed by atoms with Crippen LogP contribution in [0.1, 0.15) is 0 Å². The highest BCUT2D eigenvalue weighted by Crippen LogP contribution is 2.16. The van der Waals surface area contributed by atoms with E-state index >= 15 is 0 Å². The summed E-state index contributed by atoms with van der Waals surface area (Å²) in [6, 6.07) is 15.1. The van der Waals surface area contributed by atoms with Crippen LogP contribution in [0.5, 0.6) is 0 Å². The Labute approximate surface area is 127 Å². The van der Waals surface area contributed by atoms with Gasteiger partial charge in [0.05, 0.1) is 16.8 Å². The quantitative estimate of drug-likeness (QED) is 0.713. The van der Waals surface area contributed by atoms with Crippen molar-refractivity contribution in [1.29, 1.82) is 0 Å². The SMILES string of the molecule is Nc1ccc(S(=O)(=O)Nc2cnn(-c3ccccc3)n2)cc1. The Morgan fingerprint density at radius 2 is 1.68 bits per heavy atom. The van der Waals surface area contributed by atoms with Crippen molar-refractivity contribution in [3.8, 4) is 5.69 Å². The Morgan fingerprint density at radius 3 is 2.36 bits per heavy atom. The molecule has 112 valence electrons. The van der Waals surface area contributed by atoms with Crippen LogP contribution in [0.2, 0.25) is 0 Å². The summed E-state index contributed by atoms with van der Waals surface area (Å²) in [5, 5.41) is 8.14. The molecule has 0 aliphatic carbocycles. The second-order valence-electron chi connectivity index (χ2n) is 4.53. The minimum atomic E-state index is -3.72. The van der Waals surface area contributed by atoms with Crippen molar-refractivity contribution < 1.29 is 8.42 Å². The molecular weight excluding hydrogens is 302 g/mol. The summed E-state index contributed by atoms with van der Waals surface area (Å²) < 4.78 is 26.8. The third-order valence-corrected chi connectivity index (χ3v) is 4.28. The second-order valence-corrected chi connectivity index (χ2v) is 6.21. The number of nitrogens with zero attached hydrogens (tertiary/aromatic N) is 3. The lowest BCUT2D eigenvalue weighted by Crippen LogP contribution is -2.13. The van der Waals surface area contributed by atoms with Crippen LogP contribution in [0.4, 0.5) is 11.5 Å². The molecule has 0 radical (unpaired) electrons. The second kappa shape index (κ2) is 5.49. The van der Waals surface area contributed by atoms with E-state index in [1.807, 2.05) is 30.3 Å². The Bertz CT molecular complexity index is 873. The first-order chi connectivity index (χ1) is 10.5. The van der Waals surface area contributed by atoms with Gasteiger partial charge in [-0.1, -0.05) is 18.2 Å². The Hall–Kier alpha value is -2.87. The summed E-state index contributed by atoms with van der Waals surface area (Å²) >= 11 is 0. The Kier molecular flexibility index (Phi) is 3.51. The highest BCUT2D eigenvalue weighted by molar-refractivity contribution is 7.92. The lowest BCUT2D eigenvalue weighted by molar-refractivity contribution is 0.601. The van der Waals surface area contributed by atoms with Crippen LogP contribution in [0.15, 0.2) is 65.7 Å². The van der Waals surface area contributed by atoms with Gasteiger partial charge in [-0.05, 0) is 36.4 Å². The third kappa shape index (κ3) is 2.91. The molecule has 0 amide bonds. The van der Waals surface area contributed by atoms with Gasteiger partial charge in [0.25, 0.3) is 10.0 Å². The van der Waals surface area contributed by atoms with Gasteiger partial charge >= 0.3 is 0 Å². The van der Waals surface area contributed by atoms with Crippen molar-refractivity contribution in [3.05, 3.63) is 60.8 Å². The third-order valence-electron chi connectivity index (χ3n) is 2.91. The standard InChI is InChI=1S/C14H13N5O2S/c15-11-6-8-13(9-7-11)22(20,21)18-14-10-16-19(17-14)12-4-2-1-3-5-12/h1-10H,15H2,(H,17,18). The van der Waals surface area contributed by atoms with Gasteiger partial charge in [0, 0.05) is 5.69 Å². The monoisotopic (exact) mass is 315 g/mol. The number of nitrogen functional groups attached to an aromatic ring is 1. The van der Waals surface area contributed by atoms with E-state index in [1.54, 1.807) is 0 Å². The normalized spacial score (nSPS) is 11.3. The van der Waals surface area contributed by atoms with Crippen molar-refractivity contribution in [2.24, 2.45) is 0 Å². The average molecular weight is 315 g/mol. The molecule has 0 atom stereocenters. The predicted molar refractivity (Wildman–Crippen MR) is 83.0 cm³/mol. The van der Waals surface area contributed by atoms with Crippen molar-refractivity contribution >= 4 is 21.5 Å². The molecule has 3 aromatic rings. The van der Waals surface area contributed by atoms with E-state index in [-0.39, 0.29) is 10.7 Å². The van der Waals surface area contributed by atoms with Crippen LogP contribution >= 0.6 is 0 Å².